The van der Waals surface area contributed by atoms with Gasteiger partial charge in [-0.15, -0.1) is 0 Å². The lowest BCUT2D eigenvalue weighted by Gasteiger charge is -2.18. The molecule has 83 heavy (non-hydrogen) atoms. The highest BCUT2D eigenvalue weighted by Gasteiger charge is 2.20. The molecule has 0 aromatic carbocycles. The van der Waals surface area contributed by atoms with Crippen LogP contribution in [0, 0.1) is 0 Å². The Bertz CT molecular complexity index is 1380. The Morgan fingerprint density at radius 1 is 0.241 bits per heavy atom. The van der Waals surface area contributed by atoms with Crippen LogP contribution in [0.15, 0.2) is 36.5 Å². The van der Waals surface area contributed by atoms with Gasteiger partial charge >= 0.3 is 17.9 Å². The zero-order valence-corrected chi connectivity index (χ0v) is 56.2. The highest BCUT2D eigenvalue weighted by molar-refractivity contribution is 5.71. The second-order valence-corrected chi connectivity index (χ2v) is 25.6. The highest BCUT2D eigenvalue weighted by atomic mass is 16.6. The largest absolute Gasteiger partial charge is 0.462 e. The van der Waals surface area contributed by atoms with E-state index in [0.29, 0.717) is 19.3 Å². The summed E-state index contributed by atoms with van der Waals surface area (Å²) in [7, 11) is 0. The summed E-state index contributed by atoms with van der Waals surface area (Å²) in [6, 6.07) is 0. The summed E-state index contributed by atoms with van der Waals surface area (Å²) in [5, 5.41) is 0. The summed E-state index contributed by atoms with van der Waals surface area (Å²) in [5.41, 5.74) is 0. The monoisotopic (exact) mass is 1170 g/mol. The summed E-state index contributed by atoms with van der Waals surface area (Å²) in [6.07, 6.45) is 90.6. The molecule has 0 bridgehead atoms. The van der Waals surface area contributed by atoms with Crippen LogP contribution in [0.4, 0.5) is 0 Å². The highest BCUT2D eigenvalue weighted by Crippen LogP contribution is 2.19. The minimum Gasteiger partial charge on any atom is -0.462 e. The van der Waals surface area contributed by atoms with Crippen molar-refractivity contribution in [3.8, 4) is 0 Å². The topological polar surface area (TPSA) is 78.9 Å². The van der Waals surface area contributed by atoms with Gasteiger partial charge in [-0.3, -0.25) is 14.4 Å². The number of hydrogen-bond donors (Lipinski definition) is 0. The lowest BCUT2D eigenvalue weighted by Crippen LogP contribution is -2.30. The summed E-state index contributed by atoms with van der Waals surface area (Å²) in [4.78, 5) is 38.5. The number of carbonyl (C=O) groups is 3. The average Bonchev–Trinajstić information content (AvgIpc) is 3.49. The Balaban J connectivity index is 4.19. The molecule has 0 fully saturated rings. The van der Waals surface area contributed by atoms with Crippen molar-refractivity contribution in [2.75, 3.05) is 13.2 Å². The first-order valence-corrected chi connectivity index (χ1v) is 37.5. The van der Waals surface area contributed by atoms with Gasteiger partial charge in [0.15, 0.2) is 6.10 Å². The zero-order valence-electron chi connectivity index (χ0n) is 56.2. The maximum absolute atomic E-state index is 13.0. The van der Waals surface area contributed by atoms with Gasteiger partial charge in [-0.1, -0.05) is 365 Å². The first-order chi connectivity index (χ1) is 41.0. The van der Waals surface area contributed by atoms with Crippen molar-refractivity contribution in [1.82, 2.24) is 0 Å². The lowest BCUT2D eigenvalue weighted by molar-refractivity contribution is -0.167. The molecular formula is C77H144O6. The number of esters is 3. The van der Waals surface area contributed by atoms with Crippen LogP contribution in [-0.2, 0) is 28.6 Å². The van der Waals surface area contributed by atoms with Crippen LogP contribution < -0.4 is 0 Å². The molecule has 0 saturated carbocycles. The third kappa shape index (κ3) is 70.3. The smallest absolute Gasteiger partial charge is 0.306 e. The second kappa shape index (κ2) is 72.1. The van der Waals surface area contributed by atoms with Crippen LogP contribution in [0.3, 0.4) is 0 Å². The summed E-state index contributed by atoms with van der Waals surface area (Å²) in [5.74, 6) is -0.856. The molecule has 1 atom stereocenters. The van der Waals surface area contributed by atoms with Gasteiger partial charge in [-0.05, 0) is 70.6 Å². The molecule has 488 valence electrons. The van der Waals surface area contributed by atoms with E-state index in [2.05, 4.69) is 57.2 Å². The van der Waals surface area contributed by atoms with Crippen LogP contribution >= 0.6 is 0 Å². The Kier molecular flexibility index (Phi) is 70.0. The number of carbonyl (C=O) groups excluding carboxylic acids is 3. The molecule has 0 saturated heterocycles. The molecule has 0 spiro atoms. The Labute approximate surface area is 518 Å². The summed E-state index contributed by atoms with van der Waals surface area (Å²) >= 11 is 0. The van der Waals surface area contributed by atoms with E-state index in [0.717, 1.165) is 83.5 Å². The third-order valence-corrected chi connectivity index (χ3v) is 17.1. The molecule has 0 amide bonds. The predicted molar refractivity (Wildman–Crippen MR) is 362 cm³/mol. The Morgan fingerprint density at radius 3 is 0.723 bits per heavy atom. The van der Waals surface area contributed by atoms with Crippen LogP contribution in [0.25, 0.3) is 0 Å². The van der Waals surface area contributed by atoms with Gasteiger partial charge in [0, 0.05) is 19.3 Å². The van der Waals surface area contributed by atoms with Crippen LogP contribution in [-0.4, -0.2) is 37.2 Å². The van der Waals surface area contributed by atoms with Crippen molar-refractivity contribution in [2.24, 2.45) is 0 Å². The number of unbranched alkanes of at least 4 members (excludes halogenated alkanes) is 53. The maximum atomic E-state index is 13.0. The first kappa shape index (κ1) is 80.6. The molecule has 6 heteroatoms. The second-order valence-electron chi connectivity index (χ2n) is 25.6. The number of hydrogen-bond acceptors (Lipinski definition) is 6. The molecule has 1 unspecified atom stereocenters. The van der Waals surface area contributed by atoms with E-state index in [1.807, 2.05) is 0 Å². The van der Waals surface area contributed by atoms with Crippen molar-refractivity contribution in [3.63, 3.8) is 0 Å². The zero-order chi connectivity index (χ0) is 59.9. The van der Waals surface area contributed by atoms with Crippen molar-refractivity contribution in [1.29, 1.82) is 0 Å². The van der Waals surface area contributed by atoms with Crippen LogP contribution in [0.5, 0.6) is 0 Å². The van der Waals surface area contributed by atoms with Crippen molar-refractivity contribution < 1.29 is 28.6 Å². The molecule has 0 heterocycles. The van der Waals surface area contributed by atoms with Gasteiger partial charge in [-0.25, -0.2) is 0 Å². The SMILES string of the molecule is CCC/C=C\C/C=C\CCCCCCCC(=O)OCC(COC(=O)CCCCCCCCCCCCCCCCCCCCCCCCCCCCC)OC(=O)CCCCCCCCCCCCCCC/C=C\CCCCCCCCCC. The van der Waals surface area contributed by atoms with Gasteiger partial charge in [0.25, 0.3) is 0 Å². The number of ether oxygens (including phenoxy) is 3. The molecule has 0 radical (unpaired) electrons. The van der Waals surface area contributed by atoms with Crippen molar-refractivity contribution in [3.05, 3.63) is 36.5 Å². The fourth-order valence-electron chi connectivity index (χ4n) is 11.5. The normalized spacial score (nSPS) is 12.2. The molecule has 6 nitrogen and oxygen atoms in total. The molecule has 0 aliphatic heterocycles. The van der Waals surface area contributed by atoms with E-state index in [9.17, 15) is 14.4 Å². The van der Waals surface area contributed by atoms with Crippen LogP contribution in [0.2, 0.25) is 0 Å². The number of rotatable bonds is 70. The third-order valence-electron chi connectivity index (χ3n) is 17.1. The van der Waals surface area contributed by atoms with E-state index in [-0.39, 0.29) is 31.1 Å². The molecule has 0 N–H and O–H groups in total. The molecular weight excluding hydrogens is 1020 g/mol. The molecule has 0 aliphatic rings. The minimum absolute atomic E-state index is 0.0715. The van der Waals surface area contributed by atoms with Crippen molar-refractivity contribution >= 4 is 17.9 Å². The van der Waals surface area contributed by atoms with E-state index in [1.165, 1.54) is 295 Å². The average molecular weight is 1170 g/mol. The van der Waals surface area contributed by atoms with E-state index < -0.39 is 6.10 Å². The minimum atomic E-state index is -0.777. The quantitative estimate of drug-likeness (QED) is 0.0261. The fraction of sp³-hybridized carbons (Fsp3) is 0.883. The number of allylic oxidation sites excluding steroid dienone is 6. The molecule has 0 aromatic heterocycles. The van der Waals surface area contributed by atoms with E-state index >= 15 is 0 Å². The Morgan fingerprint density at radius 2 is 0.458 bits per heavy atom. The van der Waals surface area contributed by atoms with Crippen LogP contribution in [0.1, 0.15) is 419 Å². The molecule has 0 rings (SSSR count). The maximum Gasteiger partial charge on any atom is 0.306 e. The first-order valence-electron chi connectivity index (χ1n) is 37.5. The molecule has 0 aromatic rings. The van der Waals surface area contributed by atoms with Gasteiger partial charge in [0.05, 0.1) is 0 Å². The fourth-order valence-corrected chi connectivity index (χ4v) is 11.5. The van der Waals surface area contributed by atoms with Crippen molar-refractivity contribution in [2.45, 2.75) is 425 Å². The predicted octanol–water partition coefficient (Wildman–Crippen LogP) is 25.9. The van der Waals surface area contributed by atoms with Gasteiger partial charge in [0.2, 0.25) is 0 Å². The standard InChI is InChI=1S/C77H144O6/c1-4-7-10-13-16-19-22-25-27-29-31-33-35-37-38-40-41-43-45-47-49-52-55-58-61-64-67-70-76(79)82-73-74(72-81-75(78)69-66-63-60-57-54-51-24-21-18-15-12-9-6-3)83-77(80)71-68-65-62-59-56-53-50-48-46-44-42-39-36-34-32-30-28-26-23-20-17-14-11-8-5-2/h12,15,21,24,30,32,74H,4-11,13-14,16-20,22-23,25-29,31,33-73H2,1-3H3/b15-12-,24-21-,32-30-. The summed E-state index contributed by atoms with van der Waals surface area (Å²) in [6.45, 7) is 6.65. The molecule has 0 aliphatic carbocycles. The van der Waals surface area contributed by atoms with Gasteiger partial charge in [0.1, 0.15) is 13.2 Å². The van der Waals surface area contributed by atoms with Gasteiger partial charge in [-0.2, -0.15) is 0 Å². The van der Waals surface area contributed by atoms with Gasteiger partial charge < -0.3 is 14.2 Å². The summed E-state index contributed by atoms with van der Waals surface area (Å²) < 4.78 is 17.0. The van der Waals surface area contributed by atoms with E-state index in [4.69, 9.17) is 14.2 Å². The van der Waals surface area contributed by atoms with E-state index in [1.54, 1.807) is 0 Å². The lowest BCUT2D eigenvalue weighted by atomic mass is 10.0. The Hall–Kier alpha value is -2.37.